The van der Waals surface area contributed by atoms with Crippen molar-refractivity contribution in [2.24, 2.45) is 17.8 Å². The Morgan fingerprint density at radius 2 is 2.03 bits per heavy atom. The third kappa shape index (κ3) is 3.63. The highest BCUT2D eigenvalue weighted by atomic mass is 16.5. The molecule has 0 radical (unpaired) electrons. The van der Waals surface area contributed by atoms with Gasteiger partial charge in [-0.3, -0.25) is 4.79 Å². The van der Waals surface area contributed by atoms with E-state index in [1.807, 2.05) is 0 Å². The van der Waals surface area contributed by atoms with Gasteiger partial charge < -0.3 is 20.5 Å². The van der Waals surface area contributed by atoms with Crippen LogP contribution in [0.4, 0.5) is 5.95 Å². The fourth-order valence-corrected chi connectivity index (χ4v) is 6.36. The molecule has 1 aromatic rings. The Hall–Kier alpha value is -1.73. The van der Waals surface area contributed by atoms with Gasteiger partial charge in [0.15, 0.2) is 0 Å². The fraction of sp³-hybridized carbons (Fsp3) is 0.773. The topological polar surface area (TPSA) is 96.4 Å². The van der Waals surface area contributed by atoms with Crippen molar-refractivity contribution in [2.45, 2.75) is 76.0 Å². The third-order valence-corrected chi connectivity index (χ3v) is 7.41. The highest BCUT2D eigenvalue weighted by Gasteiger charge is 2.55. The molecular formula is C22H32N4O3. The summed E-state index contributed by atoms with van der Waals surface area (Å²) in [5, 5.41) is 17.4. The Bertz CT molecular complexity index is 776. The van der Waals surface area contributed by atoms with Gasteiger partial charge in [-0.1, -0.05) is 13.8 Å². The molecule has 29 heavy (non-hydrogen) atoms. The summed E-state index contributed by atoms with van der Waals surface area (Å²) in [7, 11) is 0. The highest BCUT2D eigenvalue weighted by molar-refractivity contribution is 5.95. The summed E-state index contributed by atoms with van der Waals surface area (Å²) < 4.78 is 5.41. The van der Waals surface area contributed by atoms with E-state index in [2.05, 4.69) is 34.4 Å². The molecule has 6 rings (SSSR count). The molecule has 1 aliphatic heterocycles. The number of hydrogen-bond donors (Lipinski definition) is 3. The molecule has 0 aromatic carbocycles. The molecule has 7 nitrogen and oxygen atoms in total. The van der Waals surface area contributed by atoms with Gasteiger partial charge in [0.1, 0.15) is 0 Å². The number of hydrogen-bond acceptors (Lipinski definition) is 6. The normalized spacial score (nSPS) is 37.9. The van der Waals surface area contributed by atoms with E-state index in [1.54, 1.807) is 6.20 Å². The predicted molar refractivity (Wildman–Crippen MR) is 109 cm³/mol. The van der Waals surface area contributed by atoms with Gasteiger partial charge in [0.2, 0.25) is 5.95 Å². The fourth-order valence-electron chi connectivity index (χ4n) is 6.36. The molecule has 0 spiro atoms. The SMILES string of the molecule is CC(C)c1nc(N[C@@H]2CCOC2)ncc1C(=O)N[C@H]1C2CC3CC1C[C@@](O)(C3)C2. The first-order chi connectivity index (χ1) is 13.9. The largest absolute Gasteiger partial charge is 0.390 e. The number of rotatable bonds is 5. The number of nitrogens with one attached hydrogen (secondary N) is 2. The molecule has 1 aromatic heterocycles. The lowest BCUT2D eigenvalue weighted by atomic mass is 9.52. The van der Waals surface area contributed by atoms with E-state index >= 15 is 0 Å². The first kappa shape index (κ1) is 19.2. The molecule has 1 amide bonds. The zero-order valence-corrected chi connectivity index (χ0v) is 17.4. The molecule has 4 aliphatic carbocycles. The van der Waals surface area contributed by atoms with E-state index in [0.29, 0.717) is 35.9 Å². The van der Waals surface area contributed by atoms with Gasteiger partial charge in [-0.2, -0.15) is 0 Å². The van der Waals surface area contributed by atoms with Gasteiger partial charge in [0.05, 0.1) is 29.5 Å². The number of carbonyl (C=O) groups excluding carboxylic acids is 1. The van der Waals surface area contributed by atoms with Crippen molar-refractivity contribution in [3.05, 3.63) is 17.5 Å². The van der Waals surface area contributed by atoms with Gasteiger partial charge in [-0.05, 0) is 62.2 Å². The Morgan fingerprint density at radius 1 is 1.28 bits per heavy atom. The average Bonchev–Trinajstić information content (AvgIpc) is 3.16. The Balaban J connectivity index is 1.33. The average molecular weight is 401 g/mol. The van der Waals surface area contributed by atoms with Crippen LogP contribution in [0.3, 0.4) is 0 Å². The van der Waals surface area contributed by atoms with Crippen LogP contribution >= 0.6 is 0 Å². The van der Waals surface area contributed by atoms with Crippen LogP contribution in [0.1, 0.15) is 74.3 Å². The van der Waals surface area contributed by atoms with Gasteiger partial charge in [0.25, 0.3) is 5.91 Å². The Morgan fingerprint density at radius 3 is 2.66 bits per heavy atom. The number of aliphatic hydroxyl groups is 1. The summed E-state index contributed by atoms with van der Waals surface area (Å²) in [6, 6.07) is 0.390. The maximum absolute atomic E-state index is 13.2. The summed E-state index contributed by atoms with van der Waals surface area (Å²) in [6.07, 6.45) is 7.47. The molecule has 3 atom stereocenters. The summed E-state index contributed by atoms with van der Waals surface area (Å²) in [5.74, 6) is 2.03. The second kappa shape index (κ2) is 7.20. The van der Waals surface area contributed by atoms with Crippen LogP contribution in [-0.2, 0) is 4.74 Å². The zero-order chi connectivity index (χ0) is 20.2. The second-order valence-electron chi connectivity index (χ2n) is 10.0. The van der Waals surface area contributed by atoms with Crippen LogP contribution in [-0.4, -0.2) is 51.9 Å². The number of aromatic nitrogens is 2. The summed E-state index contributed by atoms with van der Waals surface area (Å²) >= 11 is 0. The molecule has 5 fully saturated rings. The molecule has 4 saturated carbocycles. The minimum Gasteiger partial charge on any atom is -0.390 e. The number of amides is 1. The molecule has 4 bridgehead atoms. The van der Waals surface area contributed by atoms with Crippen molar-refractivity contribution in [2.75, 3.05) is 18.5 Å². The van der Waals surface area contributed by atoms with Crippen molar-refractivity contribution >= 4 is 11.9 Å². The van der Waals surface area contributed by atoms with Crippen LogP contribution < -0.4 is 10.6 Å². The molecule has 158 valence electrons. The Labute approximate surface area is 172 Å². The lowest BCUT2D eigenvalue weighted by Gasteiger charge is -2.58. The van der Waals surface area contributed by atoms with Gasteiger partial charge in [-0.25, -0.2) is 9.97 Å². The molecule has 3 N–H and O–H groups in total. The molecule has 2 unspecified atom stereocenters. The van der Waals surface area contributed by atoms with E-state index < -0.39 is 5.60 Å². The van der Waals surface area contributed by atoms with Crippen LogP contribution in [0.25, 0.3) is 0 Å². The van der Waals surface area contributed by atoms with Crippen LogP contribution in [0.5, 0.6) is 0 Å². The standard InChI is InChI=1S/C22H32N4O3/c1-12(2)18-17(10-23-21(26-18)24-16-3-4-29-11-16)20(27)25-19-14-5-13-6-15(19)9-22(28,7-13)8-14/h10,12-16,19,28H,3-9,11H2,1-2H3,(H,25,27)(H,23,24,26)/t13?,14?,15?,16-,19-,22+/m1/s1. The number of carbonyl (C=O) groups is 1. The smallest absolute Gasteiger partial charge is 0.254 e. The lowest BCUT2D eigenvalue weighted by molar-refractivity contribution is -0.136. The number of anilines is 1. The molecule has 5 aliphatic rings. The van der Waals surface area contributed by atoms with Crippen LogP contribution in [0, 0.1) is 17.8 Å². The van der Waals surface area contributed by atoms with Crippen molar-refractivity contribution in [1.82, 2.24) is 15.3 Å². The highest BCUT2D eigenvalue weighted by Crippen LogP contribution is 2.55. The zero-order valence-electron chi connectivity index (χ0n) is 17.4. The summed E-state index contributed by atoms with van der Waals surface area (Å²) in [4.78, 5) is 22.3. The quantitative estimate of drug-likeness (QED) is 0.703. The van der Waals surface area contributed by atoms with Gasteiger partial charge in [0, 0.05) is 18.8 Å². The van der Waals surface area contributed by atoms with E-state index in [0.717, 1.165) is 50.8 Å². The van der Waals surface area contributed by atoms with E-state index in [1.165, 1.54) is 0 Å². The van der Waals surface area contributed by atoms with Crippen molar-refractivity contribution in [3.63, 3.8) is 0 Å². The van der Waals surface area contributed by atoms with Crippen LogP contribution in [0.15, 0.2) is 6.20 Å². The monoisotopic (exact) mass is 400 g/mol. The summed E-state index contributed by atoms with van der Waals surface area (Å²) in [6.45, 7) is 5.54. The predicted octanol–water partition coefficient (Wildman–Crippen LogP) is 2.47. The minimum atomic E-state index is -0.485. The van der Waals surface area contributed by atoms with Gasteiger partial charge >= 0.3 is 0 Å². The molecule has 2 heterocycles. The van der Waals surface area contributed by atoms with E-state index in [-0.39, 0.29) is 23.9 Å². The third-order valence-electron chi connectivity index (χ3n) is 7.41. The molecular weight excluding hydrogens is 368 g/mol. The van der Waals surface area contributed by atoms with Crippen LogP contribution in [0.2, 0.25) is 0 Å². The first-order valence-electron chi connectivity index (χ1n) is 11.1. The lowest BCUT2D eigenvalue weighted by Crippen LogP contribution is -2.61. The number of nitrogens with zero attached hydrogens (tertiary/aromatic N) is 2. The Kier molecular flexibility index (Phi) is 4.78. The van der Waals surface area contributed by atoms with Crippen molar-refractivity contribution < 1.29 is 14.6 Å². The van der Waals surface area contributed by atoms with E-state index in [9.17, 15) is 9.90 Å². The molecule has 7 heteroatoms. The van der Waals surface area contributed by atoms with Crippen molar-refractivity contribution in [3.8, 4) is 0 Å². The molecule has 1 saturated heterocycles. The van der Waals surface area contributed by atoms with Crippen molar-refractivity contribution in [1.29, 1.82) is 0 Å². The minimum absolute atomic E-state index is 0.0751. The maximum atomic E-state index is 13.2. The second-order valence-corrected chi connectivity index (χ2v) is 10.0. The number of ether oxygens (including phenoxy) is 1. The maximum Gasteiger partial charge on any atom is 0.254 e. The first-order valence-corrected chi connectivity index (χ1v) is 11.1. The van der Waals surface area contributed by atoms with Gasteiger partial charge in [-0.15, -0.1) is 0 Å². The van der Waals surface area contributed by atoms with E-state index in [4.69, 9.17) is 4.74 Å². The summed E-state index contributed by atoms with van der Waals surface area (Å²) in [5.41, 5.74) is 0.864.